The molecule has 21 heteroatoms. The Labute approximate surface area is 753 Å². The number of aliphatic hydroxyl groups excluding tert-OH is 1. The van der Waals surface area contributed by atoms with Crippen LogP contribution >= 0.6 is 11.6 Å². The number of methoxy groups -OCH3 is 4. The second-order valence-electron chi connectivity index (χ2n) is 29.1. The summed E-state index contributed by atoms with van der Waals surface area (Å²) in [7, 11) is 2.71. The number of carbonyl (C=O) groups is 6. The first-order valence-corrected chi connectivity index (χ1v) is 42.1. The van der Waals surface area contributed by atoms with Crippen molar-refractivity contribution in [2.75, 3.05) is 61.8 Å². The van der Waals surface area contributed by atoms with Crippen molar-refractivity contribution >= 4 is 127 Å². The van der Waals surface area contributed by atoms with Gasteiger partial charge in [0.05, 0.1) is 39.9 Å². The van der Waals surface area contributed by atoms with E-state index in [4.69, 9.17) is 64.3 Å². The number of aliphatic hydroxyl groups is 1. The molecule has 128 heavy (non-hydrogen) atoms. The molecule has 0 spiro atoms. The number of hydrogen-bond donors (Lipinski definition) is 7. The number of sulfonamides is 1. The van der Waals surface area contributed by atoms with Crippen molar-refractivity contribution in [2.45, 2.75) is 53.0 Å². The summed E-state index contributed by atoms with van der Waals surface area (Å²) < 4.78 is 48.3. The average Bonchev–Trinajstić information content (AvgIpc) is 0.820. The van der Waals surface area contributed by atoms with Crippen LogP contribution in [0.3, 0.4) is 0 Å². The number of ketones is 6. The fraction of sp³-hybridized carbons (Fsp3) is 0.103. The molecule has 0 heterocycles. The summed E-state index contributed by atoms with van der Waals surface area (Å²) in [6.07, 6.45) is 19.8. The molecule has 13 aromatic carbocycles. The molecule has 13 rings (SSSR count). The van der Waals surface area contributed by atoms with Gasteiger partial charge in [-0.2, -0.15) is 0 Å². The van der Waals surface area contributed by atoms with Crippen molar-refractivity contribution in [3.8, 4) is 23.0 Å². The Morgan fingerprint density at radius 1 is 0.328 bits per heavy atom. The number of nitrogen functional groups attached to an aromatic ring is 5. The summed E-state index contributed by atoms with van der Waals surface area (Å²) >= 11 is 5.80. The molecule has 0 saturated carbocycles. The lowest BCUT2D eigenvalue weighted by molar-refractivity contribution is 0.103. The summed E-state index contributed by atoms with van der Waals surface area (Å²) in [4.78, 5) is 72.6. The van der Waals surface area contributed by atoms with Crippen LogP contribution in [0.2, 0.25) is 5.02 Å². The van der Waals surface area contributed by atoms with Crippen LogP contribution in [0.15, 0.2) is 326 Å². The predicted molar refractivity (Wildman–Crippen MR) is 522 cm³/mol. The minimum absolute atomic E-state index is 0.00964. The molecular formula is C107H103ClN6O13S. The molecule has 0 fully saturated rings. The molecule has 0 bridgehead atoms. The molecule has 0 aliphatic rings. The summed E-state index contributed by atoms with van der Waals surface area (Å²) in [6.45, 7) is 11.9. The summed E-state index contributed by atoms with van der Waals surface area (Å²) in [5.41, 5.74) is 48.0. The third-order valence-electron chi connectivity index (χ3n) is 19.3. The standard InChI is InChI=1S/C23H20ClNO4S.4C17H17NO2.C16H15NO/c1-16-3-11-21(29-2)15-18(16)6-14-23(26)17-4-9-20(10-5-17)25-30(27,28)22-12-7-19(24)8-13-22;1-12-3-9-16(20-2)11-14(12)6-10-17(19)13-4-7-15(18)8-5-13;1-12-3-4-14(17(11-12)20-2)7-10-16(19)13-5-8-15(18)9-6-13;1-12-6-7-13(17(10-12)20-2)8-9-16(19)14-4-3-5-15(18)11-14;1-12-5-6-13(11-19)9-14(12)7-8-17(20)15-3-2-4-16(18)10-15;1-12-5-7-13(8-6-12)9-10-16(18)14-3-2-4-15(17)11-14/h3-15,25H,1-2H3;3*3-11H,18H2,1-2H3;2-10,19H,11,18H2,1H3;2-11H,17H2,1H3/b14-6+;10-6+;10-7+;9-8+;8-7+;10-9+. The molecule has 0 aliphatic carbocycles. The van der Waals surface area contributed by atoms with E-state index in [9.17, 15) is 37.2 Å². The van der Waals surface area contributed by atoms with E-state index in [0.717, 1.165) is 84.0 Å². The van der Waals surface area contributed by atoms with Gasteiger partial charge in [0.15, 0.2) is 34.7 Å². The SMILES string of the molecule is COc1cc(C)ccc1/C=C/C(=O)c1ccc(N)cc1.COc1cc(C)ccc1/C=C/C(=O)c1cccc(N)c1.COc1ccc(C)c(/C=C/C(=O)c2ccc(N)cc2)c1.COc1ccc(C)c(/C=C/C(=O)c2ccc(NS(=O)(=O)c3ccc(Cl)cc3)cc2)c1.Cc1ccc(/C=C/C(=O)c2cccc(N)c2)cc1.Cc1ccc(CO)cc1/C=C/C(=O)c1cccc(N)c1. The molecule has 652 valence electrons. The van der Waals surface area contributed by atoms with Crippen LogP contribution < -0.4 is 52.3 Å². The van der Waals surface area contributed by atoms with Gasteiger partial charge in [0, 0.05) is 83.7 Å². The maximum absolute atomic E-state index is 12.5. The van der Waals surface area contributed by atoms with Gasteiger partial charge in [-0.3, -0.25) is 33.5 Å². The van der Waals surface area contributed by atoms with Crippen LogP contribution in [0.4, 0.5) is 34.1 Å². The Balaban J connectivity index is 0.000000192. The van der Waals surface area contributed by atoms with Crippen molar-refractivity contribution in [1.82, 2.24) is 0 Å². The van der Waals surface area contributed by atoms with E-state index in [1.54, 1.807) is 223 Å². The number of hydrogen-bond acceptors (Lipinski definition) is 18. The van der Waals surface area contributed by atoms with Crippen LogP contribution in [-0.2, 0) is 16.6 Å². The Morgan fingerprint density at radius 3 is 1.02 bits per heavy atom. The normalized spacial score (nSPS) is 10.9. The van der Waals surface area contributed by atoms with Gasteiger partial charge in [-0.15, -0.1) is 0 Å². The molecular weight excluding hydrogens is 1640 g/mol. The topological polar surface area (TPSA) is 336 Å². The van der Waals surface area contributed by atoms with Crippen LogP contribution in [0.25, 0.3) is 36.5 Å². The molecule has 0 aromatic heterocycles. The van der Waals surface area contributed by atoms with E-state index in [1.165, 1.54) is 48.1 Å². The van der Waals surface area contributed by atoms with E-state index in [1.807, 2.05) is 163 Å². The van der Waals surface area contributed by atoms with E-state index in [0.29, 0.717) is 78.3 Å². The van der Waals surface area contributed by atoms with E-state index in [-0.39, 0.29) is 46.2 Å². The van der Waals surface area contributed by atoms with Gasteiger partial charge in [0.25, 0.3) is 10.0 Å². The number of halogens is 1. The number of carbonyl (C=O) groups excluding carboxylic acids is 6. The second-order valence-corrected chi connectivity index (χ2v) is 31.3. The highest BCUT2D eigenvalue weighted by Crippen LogP contribution is 2.27. The van der Waals surface area contributed by atoms with Crippen molar-refractivity contribution in [3.05, 3.63) is 432 Å². The van der Waals surface area contributed by atoms with Crippen molar-refractivity contribution in [2.24, 2.45) is 0 Å². The molecule has 0 radical (unpaired) electrons. The number of nitrogens with one attached hydrogen (secondary N) is 1. The third-order valence-corrected chi connectivity index (χ3v) is 21.0. The summed E-state index contributed by atoms with van der Waals surface area (Å²) in [6, 6.07) is 83.4. The summed E-state index contributed by atoms with van der Waals surface area (Å²) in [5.74, 6) is 2.48. The van der Waals surface area contributed by atoms with Gasteiger partial charge in [-0.25, -0.2) is 8.42 Å². The lowest BCUT2D eigenvalue weighted by atomic mass is 10.0. The quantitative estimate of drug-likeness (QED) is 0.0150. The molecule has 0 aliphatic heterocycles. The van der Waals surface area contributed by atoms with E-state index < -0.39 is 10.0 Å². The van der Waals surface area contributed by atoms with Crippen LogP contribution in [0.1, 0.15) is 134 Å². The van der Waals surface area contributed by atoms with Crippen molar-refractivity contribution in [1.29, 1.82) is 0 Å². The smallest absolute Gasteiger partial charge is 0.261 e. The maximum atomic E-state index is 12.5. The zero-order valence-corrected chi connectivity index (χ0v) is 74.4. The van der Waals surface area contributed by atoms with Crippen molar-refractivity contribution in [3.63, 3.8) is 0 Å². The highest BCUT2D eigenvalue weighted by molar-refractivity contribution is 7.92. The molecule has 0 amide bonds. The third kappa shape index (κ3) is 31.7. The monoisotopic (exact) mass is 1750 g/mol. The first-order chi connectivity index (χ1) is 61.3. The van der Waals surface area contributed by atoms with E-state index >= 15 is 0 Å². The van der Waals surface area contributed by atoms with Gasteiger partial charge in [0.2, 0.25) is 0 Å². The molecule has 13 aromatic rings. The van der Waals surface area contributed by atoms with Crippen LogP contribution in [0.5, 0.6) is 23.0 Å². The molecule has 19 nitrogen and oxygen atoms in total. The van der Waals surface area contributed by atoms with Crippen molar-refractivity contribution < 1.29 is 61.2 Å². The predicted octanol–water partition coefficient (Wildman–Crippen LogP) is 22.2. The molecule has 0 unspecified atom stereocenters. The lowest BCUT2D eigenvalue weighted by Crippen LogP contribution is -2.12. The highest BCUT2D eigenvalue weighted by atomic mass is 35.5. The Bertz CT molecular complexity index is 6340. The van der Waals surface area contributed by atoms with Gasteiger partial charge in [-0.1, -0.05) is 151 Å². The second kappa shape index (κ2) is 49.1. The first kappa shape index (κ1) is 98.0. The number of anilines is 6. The minimum atomic E-state index is -3.74. The largest absolute Gasteiger partial charge is 0.497 e. The minimum Gasteiger partial charge on any atom is -0.497 e. The van der Waals surface area contributed by atoms with Gasteiger partial charge in [0.1, 0.15) is 23.0 Å². The van der Waals surface area contributed by atoms with Crippen LogP contribution in [-0.4, -0.2) is 76.7 Å². The summed E-state index contributed by atoms with van der Waals surface area (Å²) in [5, 5.41) is 9.59. The van der Waals surface area contributed by atoms with E-state index in [2.05, 4.69) is 4.72 Å². The molecule has 0 saturated heterocycles. The fourth-order valence-electron chi connectivity index (χ4n) is 11.9. The molecule has 0 atom stereocenters. The number of nitrogens with two attached hydrogens (primary N) is 5. The van der Waals surface area contributed by atoms with Crippen LogP contribution in [0, 0.1) is 41.5 Å². The zero-order valence-electron chi connectivity index (χ0n) is 72.8. The number of benzene rings is 13. The number of ether oxygens (including phenoxy) is 4. The maximum Gasteiger partial charge on any atom is 0.261 e. The highest BCUT2D eigenvalue weighted by Gasteiger charge is 2.16. The number of allylic oxidation sites excluding steroid dienone is 6. The fourth-order valence-corrected chi connectivity index (χ4v) is 13.1. The van der Waals surface area contributed by atoms with Gasteiger partial charge >= 0.3 is 0 Å². The van der Waals surface area contributed by atoms with Gasteiger partial charge < -0.3 is 52.7 Å². The Morgan fingerprint density at radius 2 is 0.664 bits per heavy atom. The molecule has 12 N–H and O–H groups in total. The average molecular weight is 1750 g/mol. The number of rotatable bonds is 26. The zero-order chi connectivity index (χ0) is 92.8. The lowest BCUT2D eigenvalue weighted by Gasteiger charge is -2.08. The van der Waals surface area contributed by atoms with Gasteiger partial charge in [-0.05, 0) is 322 Å². The first-order valence-electron chi connectivity index (χ1n) is 40.2. The Kier molecular flexibility index (Phi) is 37.6. The number of aryl methyl sites for hydroxylation is 6. The Hall–Kier alpha value is -15.5.